The Morgan fingerprint density at radius 1 is 1.37 bits per heavy atom. The molecule has 0 aromatic carbocycles. The molecule has 0 fully saturated rings. The highest BCUT2D eigenvalue weighted by Crippen LogP contribution is 2.16. The highest BCUT2D eigenvalue weighted by molar-refractivity contribution is 9.10. The molecule has 2 rings (SSSR count). The molecule has 0 bridgehead atoms. The average Bonchev–Trinajstić information content (AvgIpc) is 2.89. The van der Waals surface area contributed by atoms with Crippen molar-refractivity contribution < 1.29 is 4.79 Å². The van der Waals surface area contributed by atoms with Crippen molar-refractivity contribution in [2.24, 2.45) is 7.05 Å². The van der Waals surface area contributed by atoms with Crippen LogP contribution in [-0.4, -0.2) is 37.4 Å². The fraction of sp³-hybridized carbons (Fsp3) is 0.364. The minimum atomic E-state index is -0.0105. The van der Waals surface area contributed by atoms with Gasteiger partial charge in [-0.2, -0.15) is 10.2 Å². The molecule has 0 atom stereocenters. The van der Waals surface area contributed by atoms with Crippen molar-refractivity contribution in [2.45, 2.75) is 13.1 Å². The number of hydrogen-bond acceptors (Lipinski definition) is 3. The number of carbonyl (C=O) groups excluding carboxylic acids is 1. The van der Waals surface area contributed by atoms with E-state index in [0.717, 1.165) is 14.6 Å². The number of halogens is 2. The molecule has 0 saturated heterocycles. The lowest BCUT2D eigenvalue weighted by molar-refractivity contribution is -0.131. The standard InChI is InChI=1S/C11H13Br2N5O/c1-16(6-10-9(13)4-14-17(10)2)11(19)7-18-5-8(12)3-15-18/h3-5H,6-7H2,1-2H3. The zero-order valence-corrected chi connectivity index (χ0v) is 13.7. The molecule has 0 aliphatic rings. The molecule has 1 amide bonds. The molecular weight excluding hydrogens is 378 g/mol. The molecule has 2 aromatic rings. The van der Waals surface area contributed by atoms with E-state index in [1.54, 1.807) is 39.9 Å². The average molecular weight is 391 g/mol. The molecule has 0 unspecified atom stereocenters. The summed E-state index contributed by atoms with van der Waals surface area (Å²) in [6.07, 6.45) is 5.15. The summed E-state index contributed by atoms with van der Waals surface area (Å²) in [6.45, 7) is 0.718. The van der Waals surface area contributed by atoms with Gasteiger partial charge in [-0.15, -0.1) is 0 Å². The Morgan fingerprint density at radius 3 is 2.63 bits per heavy atom. The molecule has 0 radical (unpaired) electrons. The zero-order chi connectivity index (χ0) is 14.0. The topological polar surface area (TPSA) is 56.0 Å². The van der Waals surface area contributed by atoms with Crippen LogP contribution in [0, 0.1) is 0 Å². The fourth-order valence-electron chi connectivity index (χ4n) is 1.61. The summed E-state index contributed by atoms with van der Waals surface area (Å²) in [4.78, 5) is 13.7. The van der Waals surface area contributed by atoms with Crippen LogP contribution in [-0.2, 0) is 24.9 Å². The van der Waals surface area contributed by atoms with Crippen LogP contribution in [0.3, 0.4) is 0 Å². The predicted molar refractivity (Wildman–Crippen MR) is 77.3 cm³/mol. The molecule has 0 N–H and O–H groups in total. The fourth-order valence-corrected chi connectivity index (χ4v) is 2.41. The Labute approximate surface area is 127 Å². The van der Waals surface area contributed by atoms with Crippen molar-refractivity contribution in [1.29, 1.82) is 0 Å². The van der Waals surface area contributed by atoms with Gasteiger partial charge >= 0.3 is 0 Å². The zero-order valence-electron chi connectivity index (χ0n) is 10.5. The molecule has 0 aliphatic carbocycles. The van der Waals surface area contributed by atoms with E-state index in [9.17, 15) is 4.79 Å². The minimum Gasteiger partial charge on any atom is -0.338 e. The van der Waals surface area contributed by atoms with Gasteiger partial charge in [0.2, 0.25) is 5.91 Å². The number of aromatic nitrogens is 4. The van der Waals surface area contributed by atoms with Gasteiger partial charge in [0.1, 0.15) is 6.54 Å². The quantitative estimate of drug-likeness (QED) is 0.799. The van der Waals surface area contributed by atoms with Crippen molar-refractivity contribution >= 4 is 37.8 Å². The summed E-state index contributed by atoms with van der Waals surface area (Å²) in [5.41, 5.74) is 0.956. The van der Waals surface area contributed by atoms with E-state index in [0.29, 0.717) is 6.54 Å². The smallest absolute Gasteiger partial charge is 0.244 e. The largest absolute Gasteiger partial charge is 0.338 e. The second kappa shape index (κ2) is 5.87. The van der Waals surface area contributed by atoms with Gasteiger partial charge in [0.05, 0.1) is 33.6 Å². The van der Waals surface area contributed by atoms with E-state index in [2.05, 4.69) is 42.1 Å². The highest BCUT2D eigenvalue weighted by atomic mass is 79.9. The Bertz CT molecular complexity index is 572. The van der Waals surface area contributed by atoms with Gasteiger partial charge < -0.3 is 4.90 Å². The van der Waals surface area contributed by atoms with Crippen LogP contribution in [0.25, 0.3) is 0 Å². The maximum atomic E-state index is 12.1. The Hall–Kier alpha value is -1.15. The maximum Gasteiger partial charge on any atom is 0.244 e. The van der Waals surface area contributed by atoms with Crippen molar-refractivity contribution in [2.75, 3.05) is 7.05 Å². The molecular formula is C11H13Br2N5O. The van der Waals surface area contributed by atoms with Crippen LogP contribution >= 0.6 is 31.9 Å². The molecule has 2 heterocycles. The van der Waals surface area contributed by atoms with Crippen LogP contribution in [0.4, 0.5) is 0 Å². The van der Waals surface area contributed by atoms with Gasteiger partial charge in [0.25, 0.3) is 0 Å². The third kappa shape index (κ3) is 3.44. The van der Waals surface area contributed by atoms with Crippen LogP contribution < -0.4 is 0 Å². The first-order chi connectivity index (χ1) is 8.97. The lowest BCUT2D eigenvalue weighted by atomic mass is 10.4. The van der Waals surface area contributed by atoms with Gasteiger partial charge in [-0.25, -0.2) is 0 Å². The monoisotopic (exact) mass is 389 g/mol. The number of carbonyl (C=O) groups is 1. The van der Waals surface area contributed by atoms with Gasteiger partial charge in [0.15, 0.2) is 0 Å². The molecule has 0 aliphatic heterocycles. The summed E-state index contributed by atoms with van der Waals surface area (Å²) >= 11 is 6.72. The lowest BCUT2D eigenvalue weighted by Gasteiger charge is -2.17. The molecule has 2 aromatic heterocycles. The number of hydrogen-bond donors (Lipinski definition) is 0. The van der Waals surface area contributed by atoms with E-state index in [4.69, 9.17) is 0 Å². The van der Waals surface area contributed by atoms with Crippen LogP contribution in [0.15, 0.2) is 27.5 Å². The predicted octanol–water partition coefficient (Wildman–Crippen LogP) is 1.80. The Balaban J connectivity index is 2.00. The summed E-state index contributed by atoms with van der Waals surface area (Å²) in [5, 5.41) is 8.19. The van der Waals surface area contributed by atoms with Gasteiger partial charge in [0, 0.05) is 20.3 Å². The molecule has 6 nitrogen and oxygen atoms in total. The van der Waals surface area contributed by atoms with E-state index in [1.807, 2.05) is 7.05 Å². The lowest BCUT2D eigenvalue weighted by Crippen LogP contribution is -2.30. The summed E-state index contributed by atoms with van der Waals surface area (Å²) < 4.78 is 5.10. The van der Waals surface area contributed by atoms with Crippen molar-refractivity contribution in [1.82, 2.24) is 24.5 Å². The third-order valence-corrected chi connectivity index (χ3v) is 3.79. The Morgan fingerprint density at radius 2 is 2.11 bits per heavy atom. The van der Waals surface area contributed by atoms with Crippen LogP contribution in [0.5, 0.6) is 0 Å². The number of likely N-dealkylation sites (N-methyl/N-ethyl adjacent to an activating group) is 1. The Kier molecular flexibility index (Phi) is 4.41. The summed E-state index contributed by atoms with van der Waals surface area (Å²) in [7, 11) is 3.61. The molecule has 0 saturated carbocycles. The van der Waals surface area contributed by atoms with Crippen LogP contribution in [0.2, 0.25) is 0 Å². The van der Waals surface area contributed by atoms with Gasteiger partial charge in [-0.3, -0.25) is 14.2 Å². The molecule has 0 spiro atoms. The van der Waals surface area contributed by atoms with Gasteiger partial charge in [-0.1, -0.05) is 0 Å². The second-order valence-electron chi connectivity index (χ2n) is 4.17. The third-order valence-electron chi connectivity index (χ3n) is 2.72. The highest BCUT2D eigenvalue weighted by Gasteiger charge is 2.14. The van der Waals surface area contributed by atoms with E-state index < -0.39 is 0 Å². The molecule has 19 heavy (non-hydrogen) atoms. The van der Waals surface area contributed by atoms with Crippen LogP contribution in [0.1, 0.15) is 5.69 Å². The molecule has 102 valence electrons. The van der Waals surface area contributed by atoms with E-state index >= 15 is 0 Å². The first-order valence-corrected chi connectivity index (χ1v) is 7.14. The normalized spacial score (nSPS) is 10.7. The summed E-state index contributed by atoms with van der Waals surface area (Å²) in [6, 6.07) is 0. The van der Waals surface area contributed by atoms with Crippen molar-refractivity contribution in [3.8, 4) is 0 Å². The number of rotatable bonds is 4. The maximum absolute atomic E-state index is 12.1. The van der Waals surface area contributed by atoms with Crippen molar-refractivity contribution in [3.05, 3.63) is 33.2 Å². The number of amides is 1. The van der Waals surface area contributed by atoms with Crippen molar-refractivity contribution in [3.63, 3.8) is 0 Å². The number of aryl methyl sites for hydroxylation is 1. The number of nitrogens with zero attached hydrogens (tertiary/aromatic N) is 5. The van der Waals surface area contributed by atoms with E-state index in [1.165, 1.54) is 0 Å². The first kappa shape index (κ1) is 14.3. The second-order valence-corrected chi connectivity index (χ2v) is 5.94. The summed E-state index contributed by atoms with van der Waals surface area (Å²) in [5.74, 6) is -0.0105. The first-order valence-electron chi connectivity index (χ1n) is 5.55. The van der Waals surface area contributed by atoms with Gasteiger partial charge in [-0.05, 0) is 31.9 Å². The molecule has 8 heteroatoms. The van der Waals surface area contributed by atoms with E-state index in [-0.39, 0.29) is 12.5 Å². The SMILES string of the molecule is CN(Cc1c(Br)cnn1C)C(=O)Cn1cc(Br)cn1. The minimum absolute atomic E-state index is 0.0105.